The molecule has 0 aromatic heterocycles. The quantitative estimate of drug-likeness (QED) is 0.667. The summed E-state index contributed by atoms with van der Waals surface area (Å²) in [6, 6.07) is 9.36. The van der Waals surface area contributed by atoms with Crippen molar-refractivity contribution < 1.29 is 9.53 Å². The van der Waals surface area contributed by atoms with Crippen LogP contribution in [0.2, 0.25) is 0 Å². The monoisotopic (exact) mass is 262 g/mol. The molecule has 0 radical (unpaired) electrons. The molecule has 0 aliphatic heterocycles. The number of carbonyl (C=O) groups is 1. The number of rotatable bonds is 4. The normalized spacial score (nSPS) is 11.2. The van der Waals surface area contributed by atoms with Gasteiger partial charge in [0.05, 0.1) is 12.7 Å². The maximum absolute atomic E-state index is 11.5. The van der Waals surface area contributed by atoms with Crippen LogP contribution in [0.1, 0.15) is 12.5 Å². The minimum Gasteiger partial charge on any atom is -0.465 e. The SMILES string of the molecule is CCOC(=O)C(C#N)C(=S)Nc1cccc(C)c1. The maximum atomic E-state index is 11.5. The van der Waals surface area contributed by atoms with Crippen molar-refractivity contribution in [2.24, 2.45) is 5.92 Å². The van der Waals surface area contributed by atoms with Gasteiger partial charge in [-0.15, -0.1) is 0 Å². The standard InChI is InChI=1S/C13H14N2O2S/c1-3-17-13(16)11(8-14)12(18)15-10-6-4-5-9(2)7-10/h4-7,11H,3H2,1-2H3,(H,15,18). The molecule has 4 nitrogen and oxygen atoms in total. The van der Waals surface area contributed by atoms with Crippen LogP contribution in [0.3, 0.4) is 0 Å². The third-order valence-corrected chi connectivity index (χ3v) is 2.54. The smallest absolute Gasteiger partial charge is 0.330 e. The van der Waals surface area contributed by atoms with Gasteiger partial charge in [-0.05, 0) is 31.5 Å². The second-order valence-corrected chi connectivity index (χ2v) is 4.11. The molecule has 0 bridgehead atoms. The summed E-state index contributed by atoms with van der Waals surface area (Å²) in [4.78, 5) is 11.7. The molecule has 0 aliphatic rings. The first-order valence-electron chi connectivity index (χ1n) is 5.52. The number of aryl methyl sites for hydroxylation is 1. The van der Waals surface area contributed by atoms with Crippen molar-refractivity contribution in [3.05, 3.63) is 29.8 Å². The number of nitrogens with zero attached hydrogens (tertiary/aromatic N) is 1. The van der Waals surface area contributed by atoms with Crippen LogP contribution in [0.5, 0.6) is 0 Å². The fraction of sp³-hybridized carbons (Fsp3) is 0.308. The van der Waals surface area contributed by atoms with E-state index < -0.39 is 11.9 Å². The van der Waals surface area contributed by atoms with E-state index in [2.05, 4.69) is 5.32 Å². The average Bonchev–Trinajstić information content (AvgIpc) is 2.30. The molecule has 0 amide bonds. The highest BCUT2D eigenvalue weighted by Crippen LogP contribution is 2.12. The van der Waals surface area contributed by atoms with Gasteiger partial charge < -0.3 is 10.1 Å². The molecule has 1 rings (SSSR count). The summed E-state index contributed by atoms with van der Waals surface area (Å²) in [7, 11) is 0. The third-order valence-electron chi connectivity index (χ3n) is 2.20. The number of benzene rings is 1. The second kappa shape index (κ2) is 6.72. The Labute approximate surface area is 112 Å². The lowest BCUT2D eigenvalue weighted by atomic mass is 10.1. The van der Waals surface area contributed by atoms with Gasteiger partial charge in [-0.25, -0.2) is 0 Å². The van der Waals surface area contributed by atoms with E-state index in [1.54, 1.807) is 6.92 Å². The molecular weight excluding hydrogens is 248 g/mol. The van der Waals surface area contributed by atoms with E-state index in [4.69, 9.17) is 22.2 Å². The summed E-state index contributed by atoms with van der Waals surface area (Å²) in [6.45, 7) is 3.86. The molecule has 1 unspecified atom stereocenters. The number of nitriles is 1. The molecule has 0 spiro atoms. The highest BCUT2D eigenvalue weighted by molar-refractivity contribution is 7.80. The van der Waals surface area contributed by atoms with Crippen molar-refractivity contribution in [2.75, 3.05) is 11.9 Å². The Morgan fingerprint density at radius 2 is 2.33 bits per heavy atom. The van der Waals surface area contributed by atoms with Crippen LogP contribution in [0.4, 0.5) is 5.69 Å². The molecular formula is C13H14N2O2S. The highest BCUT2D eigenvalue weighted by Gasteiger charge is 2.24. The minimum absolute atomic E-state index is 0.154. The number of anilines is 1. The predicted octanol–water partition coefficient (Wildman–Crippen LogP) is 2.44. The summed E-state index contributed by atoms with van der Waals surface area (Å²) in [6.07, 6.45) is 0. The van der Waals surface area contributed by atoms with Gasteiger partial charge in [-0.2, -0.15) is 5.26 Å². The summed E-state index contributed by atoms with van der Waals surface area (Å²) < 4.78 is 4.79. The first-order valence-corrected chi connectivity index (χ1v) is 5.93. The van der Waals surface area contributed by atoms with E-state index in [-0.39, 0.29) is 11.6 Å². The molecule has 18 heavy (non-hydrogen) atoms. The topological polar surface area (TPSA) is 62.1 Å². The van der Waals surface area contributed by atoms with E-state index in [0.717, 1.165) is 11.3 Å². The van der Waals surface area contributed by atoms with E-state index >= 15 is 0 Å². The van der Waals surface area contributed by atoms with Gasteiger partial charge in [0.25, 0.3) is 0 Å². The first kappa shape index (κ1) is 14.1. The molecule has 1 N–H and O–H groups in total. The summed E-state index contributed by atoms with van der Waals surface area (Å²) in [5, 5.41) is 11.8. The van der Waals surface area contributed by atoms with Crippen LogP contribution < -0.4 is 5.32 Å². The van der Waals surface area contributed by atoms with Gasteiger partial charge in [-0.3, -0.25) is 4.79 Å². The van der Waals surface area contributed by atoms with Gasteiger partial charge in [-0.1, -0.05) is 24.4 Å². The zero-order valence-electron chi connectivity index (χ0n) is 10.3. The van der Waals surface area contributed by atoms with Gasteiger partial charge in [0.15, 0.2) is 5.92 Å². The average molecular weight is 262 g/mol. The van der Waals surface area contributed by atoms with Gasteiger partial charge in [0, 0.05) is 5.69 Å². The lowest BCUT2D eigenvalue weighted by molar-refractivity contribution is -0.143. The van der Waals surface area contributed by atoms with E-state index in [9.17, 15) is 4.79 Å². The molecule has 1 aromatic carbocycles. The molecule has 0 fully saturated rings. The molecule has 94 valence electrons. The molecule has 0 heterocycles. The van der Waals surface area contributed by atoms with Crippen LogP contribution in [0.25, 0.3) is 0 Å². The summed E-state index contributed by atoms with van der Waals surface area (Å²) >= 11 is 5.06. The molecule has 0 saturated carbocycles. The largest absolute Gasteiger partial charge is 0.465 e. The lowest BCUT2D eigenvalue weighted by Gasteiger charge is -2.12. The number of ether oxygens (including phenoxy) is 1. The predicted molar refractivity (Wildman–Crippen MR) is 73.1 cm³/mol. The minimum atomic E-state index is -1.07. The molecule has 1 atom stereocenters. The van der Waals surface area contributed by atoms with Crippen molar-refractivity contribution in [3.8, 4) is 6.07 Å². The van der Waals surface area contributed by atoms with E-state index in [0.29, 0.717) is 0 Å². The number of nitrogens with one attached hydrogen (secondary N) is 1. The molecule has 0 saturated heterocycles. The summed E-state index contributed by atoms with van der Waals surface area (Å²) in [5.74, 6) is -1.69. The van der Waals surface area contributed by atoms with Crippen LogP contribution in [-0.4, -0.2) is 17.6 Å². The fourth-order valence-electron chi connectivity index (χ4n) is 1.38. The number of thiocarbonyl (C=S) groups is 1. The zero-order chi connectivity index (χ0) is 13.5. The molecule has 1 aromatic rings. The Bertz CT molecular complexity index is 494. The van der Waals surface area contributed by atoms with Crippen molar-refractivity contribution in [1.29, 1.82) is 5.26 Å². The van der Waals surface area contributed by atoms with Gasteiger partial charge >= 0.3 is 5.97 Å². The van der Waals surface area contributed by atoms with Crippen molar-refractivity contribution >= 4 is 28.9 Å². The number of esters is 1. The van der Waals surface area contributed by atoms with Crippen molar-refractivity contribution in [3.63, 3.8) is 0 Å². The van der Waals surface area contributed by atoms with Crippen LogP contribution in [0, 0.1) is 24.2 Å². The Morgan fingerprint density at radius 3 is 2.89 bits per heavy atom. The Kier molecular flexibility index (Phi) is 5.28. The summed E-state index contributed by atoms with van der Waals surface area (Å²) in [5.41, 5.74) is 1.82. The zero-order valence-corrected chi connectivity index (χ0v) is 11.1. The van der Waals surface area contributed by atoms with E-state index in [1.807, 2.05) is 37.3 Å². The third kappa shape index (κ3) is 3.82. The van der Waals surface area contributed by atoms with E-state index in [1.165, 1.54) is 0 Å². The van der Waals surface area contributed by atoms with Crippen LogP contribution >= 0.6 is 12.2 Å². The van der Waals surface area contributed by atoms with Crippen molar-refractivity contribution in [2.45, 2.75) is 13.8 Å². The Balaban J connectivity index is 2.75. The highest BCUT2D eigenvalue weighted by atomic mass is 32.1. The lowest BCUT2D eigenvalue weighted by Crippen LogP contribution is -2.28. The number of carbonyl (C=O) groups excluding carboxylic acids is 1. The van der Waals surface area contributed by atoms with Crippen LogP contribution in [0.15, 0.2) is 24.3 Å². The Hall–Kier alpha value is -1.93. The first-order chi connectivity index (χ1) is 8.58. The Morgan fingerprint density at radius 1 is 1.61 bits per heavy atom. The number of hydrogen-bond donors (Lipinski definition) is 1. The van der Waals surface area contributed by atoms with Crippen LogP contribution in [-0.2, 0) is 9.53 Å². The maximum Gasteiger partial charge on any atom is 0.330 e. The van der Waals surface area contributed by atoms with Gasteiger partial charge in [0.2, 0.25) is 0 Å². The molecule has 5 heteroatoms. The number of hydrogen-bond acceptors (Lipinski definition) is 4. The van der Waals surface area contributed by atoms with Gasteiger partial charge in [0.1, 0.15) is 4.99 Å². The van der Waals surface area contributed by atoms with Crippen molar-refractivity contribution in [1.82, 2.24) is 0 Å². The molecule has 0 aliphatic carbocycles. The fourth-order valence-corrected chi connectivity index (χ4v) is 1.65. The second-order valence-electron chi connectivity index (χ2n) is 3.67.